The number of nitrogens with one attached hydrogen (secondary N) is 1. The van der Waals surface area contributed by atoms with Crippen LogP contribution in [0, 0.1) is 0 Å². The van der Waals surface area contributed by atoms with Crippen LogP contribution in [0.15, 0.2) is 42.9 Å². The van der Waals surface area contributed by atoms with Crippen molar-refractivity contribution in [2.45, 2.75) is 6.54 Å². The third-order valence-corrected chi connectivity index (χ3v) is 3.68. The third-order valence-electron chi connectivity index (χ3n) is 3.42. The number of aryl methyl sites for hydroxylation is 1. The summed E-state index contributed by atoms with van der Waals surface area (Å²) in [5.41, 5.74) is 1.15. The van der Waals surface area contributed by atoms with Gasteiger partial charge in [0, 0.05) is 24.5 Å². The highest BCUT2D eigenvalue weighted by atomic mass is 35.5. The molecule has 0 radical (unpaired) electrons. The molecule has 1 aromatic carbocycles. The number of rotatable bonds is 5. The summed E-state index contributed by atoms with van der Waals surface area (Å²) < 4.78 is 2.93. The predicted octanol–water partition coefficient (Wildman–Crippen LogP) is 2.27. The number of aromatic nitrogens is 4. The number of hydrogen-bond acceptors (Lipinski definition) is 4. The van der Waals surface area contributed by atoms with Gasteiger partial charge in [-0.25, -0.2) is 4.79 Å². The quantitative estimate of drug-likeness (QED) is 0.727. The average molecular weight is 360 g/mol. The van der Waals surface area contributed by atoms with Crippen molar-refractivity contribution >= 4 is 29.2 Å². The van der Waals surface area contributed by atoms with Crippen molar-refractivity contribution < 1.29 is 14.7 Å². The molecule has 2 N–H and O–H groups in total. The Morgan fingerprint density at radius 2 is 1.96 bits per heavy atom. The molecule has 0 atom stereocenters. The van der Waals surface area contributed by atoms with Crippen LogP contribution in [0.2, 0.25) is 5.02 Å². The molecule has 3 aromatic rings. The van der Waals surface area contributed by atoms with Crippen molar-refractivity contribution in [1.29, 1.82) is 0 Å². The maximum absolute atomic E-state index is 12.3. The van der Waals surface area contributed by atoms with Crippen LogP contribution in [0.1, 0.15) is 26.4 Å². The number of aromatic carboxylic acids is 1. The Bertz CT molecular complexity index is 930. The monoisotopic (exact) mass is 359 g/mol. The zero-order valence-electron chi connectivity index (χ0n) is 13.2. The minimum Gasteiger partial charge on any atom is -0.476 e. The second kappa shape index (κ2) is 6.78. The first-order valence-corrected chi connectivity index (χ1v) is 7.65. The van der Waals surface area contributed by atoms with Gasteiger partial charge in [-0.3, -0.25) is 14.2 Å². The molecule has 2 aromatic heterocycles. The van der Waals surface area contributed by atoms with E-state index in [1.165, 1.54) is 17.1 Å². The highest BCUT2D eigenvalue weighted by molar-refractivity contribution is 6.30. The molecule has 0 aliphatic carbocycles. The maximum atomic E-state index is 12.3. The molecule has 128 valence electrons. The maximum Gasteiger partial charge on any atom is 0.357 e. The Morgan fingerprint density at radius 3 is 2.64 bits per heavy atom. The number of anilines is 1. The summed E-state index contributed by atoms with van der Waals surface area (Å²) >= 11 is 5.85. The zero-order chi connectivity index (χ0) is 18.0. The smallest absolute Gasteiger partial charge is 0.357 e. The van der Waals surface area contributed by atoms with Crippen molar-refractivity contribution in [1.82, 2.24) is 19.6 Å². The summed E-state index contributed by atoms with van der Waals surface area (Å²) in [7, 11) is 1.55. The van der Waals surface area contributed by atoms with E-state index >= 15 is 0 Å². The number of nitrogens with zero attached hydrogens (tertiary/aromatic N) is 4. The van der Waals surface area contributed by atoms with Gasteiger partial charge in [-0.1, -0.05) is 23.7 Å². The van der Waals surface area contributed by atoms with Gasteiger partial charge in [-0.15, -0.1) is 0 Å². The van der Waals surface area contributed by atoms with E-state index in [1.54, 1.807) is 30.1 Å². The molecule has 0 bridgehead atoms. The molecule has 25 heavy (non-hydrogen) atoms. The van der Waals surface area contributed by atoms with E-state index in [0.717, 1.165) is 5.56 Å². The molecule has 9 heteroatoms. The Hall–Kier alpha value is -3.13. The van der Waals surface area contributed by atoms with Crippen molar-refractivity contribution in [3.8, 4) is 0 Å². The van der Waals surface area contributed by atoms with Crippen LogP contribution >= 0.6 is 11.6 Å². The molecular weight excluding hydrogens is 346 g/mol. The lowest BCUT2D eigenvalue weighted by Gasteiger charge is -2.02. The number of halogens is 1. The molecular formula is C16H14ClN5O3. The molecule has 0 aliphatic rings. The standard InChI is InChI=1S/C16H14ClN5O3/c1-21-9-13(14(20-21)16(24)25)15(23)19-12-6-18-22(8-12)7-10-2-4-11(17)5-3-10/h2-6,8-9H,7H2,1H3,(H,19,23)(H,24,25). The predicted molar refractivity (Wildman–Crippen MR) is 90.9 cm³/mol. The molecule has 0 saturated carbocycles. The minimum absolute atomic E-state index is 0.0135. The van der Waals surface area contributed by atoms with Gasteiger partial charge in [0.25, 0.3) is 5.91 Å². The summed E-state index contributed by atoms with van der Waals surface area (Å²) in [4.78, 5) is 23.4. The fourth-order valence-corrected chi connectivity index (χ4v) is 2.43. The summed E-state index contributed by atoms with van der Waals surface area (Å²) in [6, 6.07) is 7.35. The lowest BCUT2D eigenvalue weighted by atomic mass is 10.2. The van der Waals surface area contributed by atoms with Crippen LogP contribution in [0.5, 0.6) is 0 Å². The average Bonchev–Trinajstić information content (AvgIpc) is 3.16. The molecule has 8 nitrogen and oxygen atoms in total. The van der Waals surface area contributed by atoms with E-state index in [0.29, 0.717) is 17.3 Å². The van der Waals surface area contributed by atoms with Gasteiger partial charge >= 0.3 is 5.97 Å². The fraction of sp³-hybridized carbons (Fsp3) is 0.125. The van der Waals surface area contributed by atoms with Crippen LogP contribution in [-0.2, 0) is 13.6 Å². The van der Waals surface area contributed by atoms with Gasteiger partial charge in [0.2, 0.25) is 0 Å². The lowest BCUT2D eigenvalue weighted by Crippen LogP contribution is -2.15. The van der Waals surface area contributed by atoms with Crippen molar-refractivity contribution in [3.05, 3.63) is 64.7 Å². The highest BCUT2D eigenvalue weighted by Crippen LogP contribution is 2.14. The van der Waals surface area contributed by atoms with Gasteiger partial charge in [0.1, 0.15) is 0 Å². The number of carbonyl (C=O) groups excluding carboxylic acids is 1. The molecule has 0 unspecified atom stereocenters. The van der Waals surface area contributed by atoms with Crippen LogP contribution in [0.25, 0.3) is 0 Å². The van der Waals surface area contributed by atoms with Crippen LogP contribution in [-0.4, -0.2) is 36.5 Å². The number of benzene rings is 1. The second-order valence-corrected chi connectivity index (χ2v) is 5.81. The number of carbonyl (C=O) groups is 2. The lowest BCUT2D eigenvalue weighted by molar-refractivity contribution is 0.0685. The van der Waals surface area contributed by atoms with E-state index < -0.39 is 11.9 Å². The molecule has 0 spiro atoms. The van der Waals surface area contributed by atoms with E-state index in [9.17, 15) is 9.59 Å². The Balaban J connectivity index is 1.72. The van der Waals surface area contributed by atoms with Crippen molar-refractivity contribution in [2.75, 3.05) is 5.32 Å². The Morgan fingerprint density at radius 1 is 1.24 bits per heavy atom. The number of carboxylic acids is 1. The number of carboxylic acid groups (broad SMARTS) is 1. The molecule has 0 fully saturated rings. The SMILES string of the molecule is Cn1cc(C(=O)Nc2cnn(Cc3ccc(Cl)cc3)c2)c(C(=O)O)n1. The summed E-state index contributed by atoms with van der Waals surface area (Å²) in [6.07, 6.45) is 4.50. The second-order valence-electron chi connectivity index (χ2n) is 5.38. The molecule has 3 rings (SSSR count). The fourth-order valence-electron chi connectivity index (χ4n) is 2.30. The number of amides is 1. The molecule has 0 aliphatic heterocycles. The summed E-state index contributed by atoms with van der Waals surface area (Å²) in [5.74, 6) is -1.82. The van der Waals surface area contributed by atoms with Gasteiger partial charge in [-0.05, 0) is 17.7 Å². The molecule has 0 saturated heterocycles. The van der Waals surface area contributed by atoms with E-state index in [2.05, 4.69) is 15.5 Å². The van der Waals surface area contributed by atoms with E-state index in [-0.39, 0.29) is 11.3 Å². The Labute approximate surface area is 147 Å². The minimum atomic E-state index is -1.26. The van der Waals surface area contributed by atoms with E-state index in [4.69, 9.17) is 16.7 Å². The Kier molecular flexibility index (Phi) is 4.53. The summed E-state index contributed by atoms with van der Waals surface area (Å²) in [6.45, 7) is 0.514. The van der Waals surface area contributed by atoms with Crippen molar-refractivity contribution in [2.24, 2.45) is 7.05 Å². The van der Waals surface area contributed by atoms with Crippen LogP contribution in [0.3, 0.4) is 0 Å². The van der Waals surface area contributed by atoms with Gasteiger partial charge < -0.3 is 10.4 Å². The van der Waals surface area contributed by atoms with Crippen LogP contribution in [0.4, 0.5) is 5.69 Å². The molecule has 1 amide bonds. The number of hydrogen-bond donors (Lipinski definition) is 2. The largest absolute Gasteiger partial charge is 0.476 e. The zero-order valence-corrected chi connectivity index (χ0v) is 13.9. The van der Waals surface area contributed by atoms with Gasteiger partial charge in [0.05, 0.1) is 24.0 Å². The third kappa shape index (κ3) is 3.86. The first kappa shape index (κ1) is 16.7. The van der Waals surface area contributed by atoms with Gasteiger partial charge in [-0.2, -0.15) is 10.2 Å². The summed E-state index contributed by atoms with van der Waals surface area (Å²) in [5, 5.41) is 20.3. The van der Waals surface area contributed by atoms with E-state index in [1.807, 2.05) is 12.1 Å². The highest BCUT2D eigenvalue weighted by Gasteiger charge is 2.21. The van der Waals surface area contributed by atoms with Crippen molar-refractivity contribution in [3.63, 3.8) is 0 Å². The van der Waals surface area contributed by atoms with Crippen LogP contribution < -0.4 is 5.32 Å². The normalized spacial score (nSPS) is 10.6. The first-order chi connectivity index (χ1) is 11.9. The molecule has 2 heterocycles. The topological polar surface area (TPSA) is 102 Å². The van der Waals surface area contributed by atoms with Gasteiger partial charge in [0.15, 0.2) is 5.69 Å². The first-order valence-electron chi connectivity index (χ1n) is 7.27.